The fraction of sp³-hybridized carbons (Fsp3) is 0.440. The summed E-state index contributed by atoms with van der Waals surface area (Å²) in [5.74, 6) is 1.15. The lowest BCUT2D eigenvalue weighted by Gasteiger charge is -2.34. The summed E-state index contributed by atoms with van der Waals surface area (Å²) in [4.78, 5) is 12.5. The van der Waals surface area contributed by atoms with E-state index in [2.05, 4.69) is 79.8 Å². The zero-order valence-corrected chi connectivity index (χ0v) is 18.4. The molecule has 29 heavy (non-hydrogen) atoms. The molecule has 1 saturated carbocycles. The van der Waals surface area contributed by atoms with E-state index in [9.17, 15) is 4.79 Å². The van der Waals surface area contributed by atoms with Gasteiger partial charge in [0.1, 0.15) is 0 Å². The highest BCUT2D eigenvalue weighted by Gasteiger charge is 2.29. The van der Waals surface area contributed by atoms with Crippen molar-refractivity contribution in [2.75, 3.05) is 5.75 Å². The molecule has 0 radical (unpaired) electrons. The van der Waals surface area contributed by atoms with Gasteiger partial charge in [-0.1, -0.05) is 69.3 Å². The number of thioether (sulfide) groups is 1. The predicted octanol–water partition coefficient (Wildman–Crippen LogP) is 6.20. The van der Waals surface area contributed by atoms with Crippen LogP contribution in [0, 0.1) is 11.3 Å². The van der Waals surface area contributed by atoms with Gasteiger partial charge in [0.25, 0.3) is 0 Å². The highest BCUT2D eigenvalue weighted by atomic mass is 32.2. The van der Waals surface area contributed by atoms with Crippen molar-refractivity contribution in [3.63, 3.8) is 0 Å². The molecule has 2 aliphatic rings. The molecule has 2 aromatic carbocycles. The summed E-state index contributed by atoms with van der Waals surface area (Å²) in [5.41, 5.74) is 9.49. The smallest absolute Gasteiger partial charge is 0.250 e. The summed E-state index contributed by atoms with van der Waals surface area (Å²) in [5, 5.41) is 4.65. The third-order valence-corrected chi connectivity index (χ3v) is 7.55. The number of carbonyl (C=O) groups is 1. The first-order valence-electron chi connectivity index (χ1n) is 10.6. The summed E-state index contributed by atoms with van der Waals surface area (Å²) < 4.78 is 0. The number of benzene rings is 2. The van der Waals surface area contributed by atoms with Crippen LogP contribution in [0.1, 0.15) is 62.8 Å². The lowest BCUT2D eigenvalue weighted by atomic mass is 9.72. The Hall–Kier alpha value is -2.07. The van der Waals surface area contributed by atoms with Crippen molar-refractivity contribution in [3.8, 4) is 11.1 Å². The lowest BCUT2D eigenvalue weighted by molar-refractivity contribution is -0.118. The average molecular weight is 407 g/mol. The van der Waals surface area contributed by atoms with E-state index in [1.807, 2.05) is 0 Å². The number of hydrogen-bond donors (Lipinski definition) is 1. The molecule has 0 unspecified atom stereocenters. The van der Waals surface area contributed by atoms with Crippen molar-refractivity contribution >= 4 is 23.4 Å². The van der Waals surface area contributed by atoms with Crippen LogP contribution in [-0.4, -0.2) is 17.4 Å². The van der Waals surface area contributed by atoms with Crippen molar-refractivity contribution in [3.05, 3.63) is 59.7 Å². The van der Waals surface area contributed by atoms with Gasteiger partial charge < -0.3 is 0 Å². The van der Waals surface area contributed by atoms with Crippen LogP contribution in [0.4, 0.5) is 0 Å². The van der Waals surface area contributed by atoms with Crippen LogP contribution in [-0.2, 0) is 4.79 Å². The van der Waals surface area contributed by atoms with Crippen LogP contribution in [0.3, 0.4) is 0 Å². The van der Waals surface area contributed by atoms with Gasteiger partial charge in [0.15, 0.2) is 0 Å². The van der Waals surface area contributed by atoms with E-state index in [1.54, 1.807) is 11.8 Å². The standard InChI is InChI=1S/C25H30N2OS/c1-25(2,3)17-12-14-18(15-13-17)26-27-23(28)16-29-24-21-10-6-4-8-19(21)20-9-5-7-11-22(20)24/h4-11,17,24H,12-16H2,1-3H3,(H,27,28). The third-order valence-electron chi connectivity index (χ3n) is 6.28. The van der Waals surface area contributed by atoms with Gasteiger partial charge in [-0.3, -0.25) is 4.79 Å². The summed E-state index contributed by atoms with van der Waals surface area (Å²) in [6, 6.07) is 17.0. The molecule has 4 heteroatoms. The van der Waals surface area contributed by atoms with E-state index in [0.717, 1.165) is 24.5 Å². The van der Waals surface area contributed by atoms with Gasteiger partial charge in [-0.25, -0.2) is 5.43 Å². The normalized spacial score (nSPS) is 18.9. The van der Waals surface area contributed by atoms with Crippen LogP contribution in [0.15, 0.2) is 53.6 Å². The van der Waals surface area contributed by atoms with E-state index < -0.39 is 0 Å². The minimum Gasteiger partial charge on any atom is -0.272 e. The third kappa shape index (κ3) is 4.42. The molecule has 0 spiro atoms. The molecule has 2 aliphatic carbocycles. The molecular weight excluding hydrogens is 376 g/mol. The van der Waals surface area contributed by atoms with E-state index >= 15 is 0 Å². The Balaban J connectivity index is 1.34. The van der Waals surface area contributed by atoms with Gasteiger partial charge in [0.2, 0.25) is 5.91 Å². The van der Waals surface area contributed by atoms with Gasteiger partial charge in [-0.2, -0.15) is 5.10 Å². The van der Waals surface area contributed by atoms with Crippen LogP contribution >= 0.6 is 11.8 Å². The second-order valence-corrected chi connectivity index (χ2v) is 10.3. The van der Waals surface area contributed by atoms with Gasteiger partial charge >= 0.3 is 0 Å². The van der Waals surface area contributed by atoms with Crippen molar-refractivity contribution < 1.29 is 4.79 Å². The monoisotopic (exact) mass is 406 g/mol. The summed E-state index contributed by atoms with van der Waals surface area (Å²) in [6.07, 6.45) is 4.34. The van der Waals surface area contributed by atoms with Gasteiger partial charge in [0.05, 0.1) is 11.0 Å². The lowest BCUT2D eigenvalue weighted by Crippen LogP contribution is -2.28. The molecule has 0 atom stereocenters. The molecule has 1 fully saturated rings. The minimum atomic E-state index is -0.0118. The molecule has 4 rings (SSSR count). The van der Waals surface area contributed by atoms with Crippen molar-refractivity contribution in [2.45, 2.75) is 51.7 Å². The number of rotatable bonds is 4. The van der Waals surface area contributed by atoms with Crippen LogP contribution in [0.2, 0.25) is 0 Å². The first-order chi connectivity index (χ1) is 13.9. The number of fused-ring (bicyclic) bond motifs is 3. The maximum atomic E-state index is 12.5. The average Bonchev–Trinajstić information content (AvgIpc) is 3.04. The van der Waals surface area contributed by atoms with Gasteiger partial charge in [0, 0.05) is 5.71 Å². The molecule has 3 nitrogen and oxygen atoms in total. The number of amides is 1. The Kier molecular flexibility index (Phi) is 5.82. The van der Waals surface area contributed by atoms with Crippen LogP contribution < -0.4 is 5.43 Å². The zero-order valence-electron chi connectivity index (χ0n) is 17.6. The van der Waals surface area contributed by atoms with E-state index in [4.69, 9.17) is 0 Å². The molecule has 0 bridgehead atoms. The maximum absolute atomic E-state index is 12.5. The van der Waals surface area contributed by atoms with Crippen molar-refractivity contribution in [1.29, 1.82) is 0 Å². The molecule has 0 heterocycles. The van der Waals surface area contributed by atoms with Gasteiger partial charge in [-0.15, -0.1) is 11.8 Å². The second kappa shape index (κ2) is 8.35. The number of nitrogens with zero attached hydrogens (tertiary/aromatic N) is 1. The molecule has 2 aromatic rings. The number of hydrazone groups is 1. The topological polar surface area (TPSA) is 41.5 Å². The summed E-state index contributed by atoms with van der Waals surface area (Å²) in [6.45, 7) is 6.95. The fourth-order valence-electron chi connectivity index (χ4n) is 4.55. The summed E-state index contributed by atoms with van der Waals surface area (Å²) >= 11 is 1.69. The minimum absolute atomic E-state index is 0.0118. The number of carbonyl (C=O) groups excluding carboxylic acids is 1. The zero-order chi connectivity index (χ0) is 20.4. The highest BCUT2D eigenvalue weighted by molar-refractivity contribution is 8.00. The SMILES string of the molecule is CC(C)(C)C1CCC(=NNC(=O)CSC2c3ccccc3-c3ccccc32)CC1. The maximum Gasteiger partial charge on any atom is 0.250 e. The molecule has 0 aliphatic heterocycles. The molecule has 0 saturated heterocycles. The van der Waals surface area contributed by atoms with E-state index in [-0.39, 0.29) is 11.2 Å². The quantitative estimate of drug-likeness (QED) is 0.614. The number of hydrogen-bond acceptors (Lipinski definition) is 3. The predicted molar refractivity (Wildman–Crippen MR) is 123 cm³/mol. The molecule has 1 amide bonds. The Labute approximate surface area is 178 Å². The Morgan fingerprint density at radius 3 is 2.10 bits per heavy atom. The van der Waals surface area contributed by atoms with Crippen molar-refractivity contribution in [2.24, 2.45) is 16.4 Å². The summed E-state index contributed by atoms with van der Waals surface area (Å²) in [7, 11) is 0. The first kappa shape index (κ1) is 20.2. The van der Waals surface area contributed by atoms with Gasteiger partial charge in [-0.05, 0) is 59.3 Å². The van der Waals surface area contributed by atoms with Crippen LogP contribution in [0.25, 0.3) is 11.1 Å². The molecule has 152 valence electrons. The van der Waals surface area contributed by atoms with E-state index in [0.29, 0.717) is 11.2 Å². The second-order valence-electron chi connectivity index (χ2n) is 9.22. The molecular formula is C25H30N2OS. The highest BCUT2D eigenvalue weighted by Crippen LogP contribution is 2.49. The molecule has 1 N–H and O–H groups in total. The molecule has 0 aromatic heterocycles. The largest absolute Gasteiger partial charge is 0.272 e. The van der Waals surface area contributed by atoms with Crippen molar-refractivity contribution in [1.82, 2.24) is 5.43 Å². The van der Waals surface area contributed by atoms with Crippen LogP contribution in [0.5, 0.6) is 0 Å². The van der Waals surface area contributed by atoms with E-state index in [1.165, 1.54) is 35.1 Å². The Morgan fingerprint density at radius 1 is 1.00 bits per heavy atom. The first-order valence-corrected chi connectivity index (χ1v) is 11.6. The number of nitrogens with one attached hydrogen (secondary N) is 1. The Morgan fingerprint density at radius 2 is 1.55 bits per heavy atom. The Bertz CT molecular complexity index is 873. The fourth-order valence-corrected chi connectivity index (χ4v) is 5.70.